The minimum Gasteiger partial charge on any atom is -0.256 e. The van der Waals surface area contributed by atoms with Crippen LogP contribution in [0, 0.1) is 0 Å². The van der Waals surface area contributed by atoms with E-state index in [1.165, 1.54) is 52.5 Å². The second-order valence-electron chi connectivity index (χ2n) is 8.02. The Kier molecular flexibility index (Phi) is 3.49. The van der Waals surface area contributed by atoms with E-state index in [0.717, 1.165) is 11.3 Å². The molecule has 2 aromatic heterocycles. The second kappa shape index (κ2) is 6.37. The lowest BCUT2D eigenvalue weighted by atomic mass is 9.94. The molecule has 0 radical (unpaired) electrons. The van der Waals surface area contributed by atoms with Gasteiger partial charge in [-0.05, 0) is 51.2 Å². The molecular formula is C29H17NS. The van der Waals surface area contributed by atoms with Gasteiger partial charge in [0.05, 0.1) is 5.69 Å². The lowest BCUT2D eigenvalue weighted by Gasteiger charge is -2.11. The molecular weight excluding hydrogens is 394 g/mol. The van der Waals surface area contributed by atoms with Gasteiger partial charge in [-0.2, -0.15) is 0 Å². The molecule has 144 valence electrons. The monoisotopic (exact) mass is 411 g/mol. The Balaban J connectivity index is 1.54. The molecule has 0 unspecified atom stereocenters. The van der Waals surface area contributed by atoms with Crippen molar-refractivity contribution < 1.29 is 0 Å². The third-order valence-electron chi connectivity index (χ3n) is 6.30. The van der Waals surface area contributed by atoms with Gasteiger partial charge in [-0.15, -0.1) is 11.3 Å². The first-order valence-corrected chi connectivity index (χ1v) is 11.3. The van der Waals surface area contributed by atoms with E-state index in [2.05, 4.69) is 103 Å². The normalized spacial score (nSPS) is 11.9. The zero-order chi connectivity index (χ0) is 20.4. The number of thiophene rings is 1. The first kappa shape index (κ1) is 17.0. The van der Waals surface area contributed by atoms with Gasteiger partial charge >= 0.3 is 0 Å². The summed E-state index contributed by atoms with van der Waals surface area (Å²) in [5, 5.41) is 10.2. The van der Waals surface area contributed by atoms with E-state index in [0.29, 0.717) is 0 Å². The van der Waals surface area contributed by atoms with E-state index in [1.54, 1.807) is 0 Å². The molecule has 0 saturated carbocycles. The zero-order valence-corrected chi connectivity index (χ0v) is 17.5. The standard InChI is InChI=1S/C29H17NS/c1-3-9-21-19(7-1)20-8-2-4-10-22(20)26-17-30-27(16-24(21)26)18-13-14-29-25(15-18)23-11-5-6-12-28(23)31-29/h1-17H. The van der Waals surface area contributed by atoms with Gasteiger partial charge in [0.15, 0.2) is 0 Å². The predicted octanol–water partition coefficient (Wildman–Crippen LogP) is 8.58. The van der Waals surface area contributed by atoms with Crippen molar-refractivity contribution in [1.29, 1.82) is 0 Å². The maximum absolute atomic E-state index is 4.91. The van der Waals surface area contributed by atoms with Gasteiger partial charge in [0.2, 0.25) is 0 Å². The summed E-state index contributed by atoms with van der Waals surface area (Å²) >= 11 is 1.85. The van der Waals surface area contributed by atoms with Crippen molar-refractivity contribution >= 4 is 63.8 Å². The van der Waals surface area contributed by atoms with Crippen LogP contribution in [0.1, 0.15) is 0 Å². The molecule has 5 aromatic carbocycles. The number of pyridine rings is 1. The van der Waals surface area contributed by atoms with Crippen LogP contribution in [0.5, 0.6) is 0 Å². The number of hydrogen-bond donors (Lipinski definition) is 0. The number of nitrogens with zero attached hydrogens (tertiary/aromatic N) is 1. The minimum atomic E-state index is 1.02. The van der Waals surface area contributed by atoms with Gasteiger partial charge in [-0.25, -0.2) is 0 Å². The fourth-order valence-electron chi connectivity index (χ4n) is 4.84. The molecule has 2 heterocycles. The highest BCUT2D eigenvalue weighted by molar-refractivity contribution is 7.25. The SMILES string of the molecule is c1ccc2c(c1)sc1ccc(-c3cc4c5ccccc5c5ccccc5c4cn3)cc12. The summed E-state index contributed by atoms with van der Waals surface area (Å²) in [6.07, 6.45) is 2.05. The molecule has 0 fully saturated rings. The van der Waals surface area contributed by atoms with Crippen LogP contribution in [0.15, 0.2) is 103 Å². The van der Waals surface area contributed by atoms with Gasteiger partial charge < -0.3 is 0 Å². The average Bonchev–Trinajstić information content (AvgIpc) is 3.22. The second-order valence-corrected chi connectivity index (χ2v) is 9.10. The Bertz CT molecular complexity index is 1760. The Hall–Kier alpha value is -3.75. The Labute approximate surface area is 183 Å². The van der Waals surface area contributed by atoms with Gasteiger partial charge in [0.25, 0.3) is 0 Å². The first-order valence-electron chi connectivity index (χ1n) is 10.5. The van der Waals surface area contributed by atoms with E-state index < -0.39 is 0 Å². The van der Waals surface area contributed by atoms with Crippen LogP contribution in [0.3, 0.4) is 0 Å². The maximum Gasteiger partial charge on any atom is 0.0708 e. The van der Waals surface area contributed by atoms with Crippen LogP contribution in [-0.4, -0.2) is 4.98 Å². The summed E-state index contributed by atoms with van der Waals surface area (Å²) < 4.78 is 2.65. The highest BCUT2D eigenvalue weighted by Gasteiger charge is 2.11. The summed E-state index contributed by atoms with van der Waals surface area (Å²) in [6.45, 7) is 0. The topological polar surface area (TPSA) is 12.9 Å². The van der Waals surface area contributed by atoms with E-state index in [4.69, 9.17) is 4.98 Å². The molecule has 0 aliphatic carbocycles. The van der Waals surface area contributed by atoms with Crippen molar-refractivity contribution in [2.24, 2.45) is 0 Å². The summed E-state index contributed by atoms with van der Waals surface area (Å²) in [5.74, 6) is 0. The summed E-state index contributed by atoms with van der Waals surface area (Å²) in [4.78, 5) is 4.91. The van der Waals surface area contributed by atoms with Crippen LogP contribution in [0.2, 0.25) is 0 Å². The van der Waals surface area contributed by atoms with Crippen molar-refractivity contribution in [3.8, 4) is 11.3 Å². The fraction of sp³-hybridized carbons (Fsp3) is 0. The van der Waals surface area contributed by atoms with Crippen molar-refractivity contribution in [2.45, 2.75) is 0 Å². The van der Waals surface area contributed by atoms with E-state index in [-0.39, 0.29) is 0 Å². The average molecular weight is 412 g/mol. The molecule has 0 amide bonds. The molecule has 7 aromatic rings. The van der Waals surface area contributed by atoms with Crippen LogP contribution < -0.4 is 0 Å². The van der Waals surface area contributed by atoms with Crippen LogP contribution >= 0.6 is 11.3 Å². The molecule has 31 heavy (non-hydrogen) atoms. The van der Waals surface area contributed by atoms with Gasteiger partial charge in [-0.3, -0.25) is 4.98 Å². The van der Waals surface area contributed by atoms with Crippen LogP contribution in [-0.2, 0) is 0 Å². The Morgan fingerprint density at radius 1 is 0.452 bits per heavy atom. The largest absolute Gasteiger partial charge is 0.256 e. The predicted molar refractivity (Wildman–Crippen MR) is 135 cm³/mol. The number of fused-ring (bicyclic) bond motifs is 9. The molecule has 1 nitrogen and oxygen atoms in total. The van der Waals surface area contributed by atoms with Crippen molar-refractivity contribution in [3.63, 3.8) is 0 Å². The van der Waals surface area contributed by atoms with Crippen molar-refractivity contribution in [2.75, 3.05) is 0 Å². The number of benzene rings is 5. The van der Waals surface area contributed by atoms with Gasteiger partial charge in [0.1, 0.15) is 0 Å². The number of hydrogen-bond acceptors (Lipinski definition) is 2. The number of aromatic nitrogens is 1. The molecule has 0 saturated heterocycles. The molecule has 7 rings (SSSR count). The number of rotatable bonds is 1. The van der Waals surface area contributed by atoms with Gasteiger partial charge in [-0.1, -0.05) is 72.8 Å². The molecule has 0 spiro atoms. The molecule has 0 atom stereocenters. The quantitative estimate of drug-likeness (QED) is 0.247. The summed E-state index contributed by atoms with van der Waals surface area (Å²) in [5.41, 5.74) is 2.18. The lowest BCUT2D eigenvalue weighted by molar-refractivity contribution is 1.37. The summed E-state index contributed by atoms with van der Waals surface area (Å²) in [7, 11) is 0. The minimum absolute atomic E-state index is 1.02. The molecule has 0 aliphatic heterocycles. The Morgan fingerprint density at radius 3 is 1.77 bits per heavy atom. The lowest BCUT2D eigenvalue weighted by Crippen LogP contribution is -1.88. The maximum atomic E-state index is 4.91. The Morgan fingerprint density at radius 2 is 1.03 bits per heavy atom. The highest BCUT2D eigenvalue weighted by atomic mass is 32.1. The van der Waals surface area contributed by atoms with Crippen molar-refractivity contribution in [3.05, 3.63) is 103 Å². The van der Waals surface area contributed by atoms with E-state index in [1.807, 2.05) is 11.3 Å². The molecule has 0 N–H and O–H groups in total. The molecule has 0 bridgehead atoms. The molecule has 0 aliphatic rings. The van der Waals surface area contributed by atoms with E-state index >= 15 is 0 Å². The van der Waals surface area contributed by atoms with Gasteiger partial charge in [0, 0.05) is 37.3 Å². The zero-order valence-electron chi connectivity index (χ0n) is 16.7. The highest BCUT2D eigenvalue weighted by Crippen LogP contribution is 2.38. The fourth-order valence-corrected chi connectivity index (χ4v) is 5.93. The third-order valence-corrected chi connectivity index (χ3v) is 7.45. The first-order chi connectivity index (χ1) is 15.4. The van der Waals surface area contributed by atoms with Crippen molar-refractivity contribution in [1.82, 2.24) is 4.98 Å². The van der Waals surface area contributed by atoms with Crippen LogP contribution in [0.25, 0.3) is 63.7 Å². The third kappa shape index (κ3) is 2.46. The molecule has 2 heteroatoms. The van der Waals surface area contributed by atoms with Crippen LogP contribution in [0.4, 0.5) is 0 Å². The smallest absolute Gasteiger partial charge is 0.0708 e. The van der Waals surface area contributed by atoms with E-state index in [9.17, 15) is 0 Å². The summed E-state index contributed by atoms with van der Waals surface area (Å²) in [6, 6.07) is 35.0.